The second-order valence-electron chi connectivity index (χ2n) is 2.79. The Balaban J connectivity index is 2.22. The molecule has 0 aliphatic heterocycles. The Morgan fingerprint density at radius 3 is 2.93 bits per heavy atom. The van der Waals surface area contributed by atoms with E-state index in [1.807, 2.05) is 0 Å². The first-order valence-corrected chi connectivity index (χ1v) is 6.61. The lowest BCUT2D eigenvalue weighted by Crippen LogP contribution is -2.05. The van der Waals surface area contributed by atoms with E-state index in [9.17, 15) is 0 Å². The van der Waals surface area contributed by atoms with Crippen molar-refractivity contribution in [2.45, 2.75) is 6.54 Å². The summed E-state index contributed by atoms with van der Waals surface area (Å²) in [5, 5.41) is 6.29. The zero-order chi connectivity index (χ0) is 10.1. The molecule has 2 heterocycles. The van der Waals surface area contributed by atoms with Crippen molar-refractivity contribution in [1.29, 1.82) is 0 Å². The largest absolute Gasteiger partial charge is 0.383 e. The van der Waals surface area contributed by atoms with Gasteiger partial charge in [-0.2, -0.15) is 5.10 Å². The van der Waals surface area contributed by atoms with Crippen molar-refractivity contribution in [2.24, 2.45) is 0 Å². The maximum Gasteiger partial charge on any atom is 0.135 e. The molecule has 0 saturated carbocycles. The van der Waals surface area contributed by atoms with Gasteiger partial charge in [0.25, 0.3) is 0 Å². The molecule has 6 heteroatoms. The quantitative estimate of drug-likeness (QED) is 0.810. The summed E-state index contributed by atoms with van der Waals surface area (Å²) in [5.74, 6) is 0.730. The van der Waals surface area contributed by atoms with Crippen LogP contribution in [-0.2, 0) is 6.54 Å². The second kappa shape index (κ2) is 4.19. The van der Waals surface area contributed by atoms with Crippen molar-refractivity contribution in [1.82, 2.24) is 9.78 Å². The van der Waals surface area contributed by atoms with Crippen molar-refractivity contribution in [2.75, 3.05) is 5.73 Å². The van der Waals surface area contributed by atoms with Crippen molar-refractivity contribution < 1.29 is 0 Å². The smallest absolute Gasteiger partial charge is 0.135 e. The van der Waals surface area contributed by atoms with Crippen LogP contribution in [0.25, 0.3) is 0 Å². The average molecular weight is 384 g/mol. The van der Waals surface area contributed by atoms with Crippen LogP contribution in [0, 0.1) is 3.57 Å². The summed E-state index contributed by atoms with van der Waals surface area (Å²) in [6.07, 6.45) is 1.78. The molecule has 2 rings (SSSR count). The van der Waals surface area contributed by atoms with Gasteiger partial charge in [-0.25, -0.2) is 4.68 Å². The first kappa shape index (κ1) is 10.4. The van der Waals surface area contributed by atoms with Gasteiger partial charge in [-0.1, -0.05) is 0 Å². The maximum atomic E-state index is 5.84. The van der Waals surface area contributed by atoms with Gasteiger partial charge < -0.3 is 5.73 Å². The molecule has 0 aromatic carbocycles. The molecule has 14 heavy (non-hydrogen) atoms. The Kier molecular flexibility index (Phi) is 3.13. The summed E-state index contributed by atoms with van der Waals surface area (Å²) in [7, 11) is 0. The van der Waals surface area contributed by atoms with E-state index in [-0.39, 0.29) is 0 Å². The summed E-state index contributed by atoms with van der Waals surface area (Å²) in [6.45, 7) is 0.733. The summed E-state index contributed by atoms with van der Waals surface area (Å²) in [5.41, 5.74) is 7.06. The van der Waals surface area contributed by atoms with Gasteiger partial charge in [0, 0.05) is 0 Å². The number of hydrogen-bond acceptors (Lipinski definition) is 3. The van der Waals surface area contributed by atoms with Crippen molar-refractivity contribution >= 4 is 55.7 Å². The maximum absolute atomic E-state index is 5.84. The average Bonchev–Trinajstić information content (AvgIpc) is 2.67. The van der Waals surface area contributed by atoms with Crippen LogP contribution in [0.3, 0.4) is 0 Å². The second-order valence-corrected chi connectivity index (χ2v) is 6.25. The van der Waals surface area contributed by atoms with Gasteiger partial charge in [-0.05, 0) is 55.5 Å². The molecule has 2 N–H and O–H groups in total. The van der Waals surface area contributed by atoms with Gasteiger partial charge in [-0.15, -0.1) is 11.3 Å². The summed E-state index contributed by atoms with van der Waals surface area (Å²) in [4.78, 5) is 0. The molecule has 0 spiro atoms. The molecule has 74 valence electrons. The molecule has 0 saturated heterocycles. The molecule has 2 aromatic heterocycles. The third kappa shape index (κ3) is 2.12. The summed E-state index contributed by atoms with van der Waals surface area (Å²) in [6, 6.07) is 2.08. The minimum absolute atomic E-state index is 0.730. The van der Waals surface area contributed by atoms with Crippen molar-refractivity contribution in [3.63, 3.8) is 0 Å². The highest BCUT2D eigenvalue weighted by Gasteiger charge is 2.05. The normalized spacial score (nSPS) is 10.7. The molecule has 0 bridgehead atoms. The Morgan fingerprint density at radius 2 is 2.43 bits per heavy atom. The summed E-state index contributed by atoms with van der Waals surface area (Å²) < 4.78 is 3.93. The Bertz CT molecular complexity index is 451. The molecule has 3 nitrogen and oxygen atoms in total. The van der Waals surface area contributed by atoms with Crippen LogP contribution >= 0.6 is 49.9 Å². The SMILES string of the molecule is Nc1c(I)cnn1Cc1csc(Br)c1. The highest BCUT2D eigenvalue weighted by atomic mass is 127. The lowest BCUT2D eigenvalue weighted by atomic mass is 10.3. The summed E-state index contributed by atoms with van der Waals surface area (Å²) >= 11 is 7.27. The molecule has 0 atom stereocenters. The number of nitrogens with two attached hydrogens (primary N) is 1. The fourth-order valence-electron chi connectivity index (χ4n) is 1.10. The van der Waals surface area contributed by atoms with E-state index in [2.05, 4.69) is 55.1 Å². The van der Waals surface area contributed by atoms with Crippen LogP contribution in [0.5, 0.6) is 0 Å². The van der Waals surface area contributed by atoms with Crippen LogP contribution < -0.4 is 5.73 Å². The molecule has 0 aliphatic carbocycles. The number of halogens is 2. The third-order valence-corrected chi connectivity index (χ3v) is 4.17. The van der Waals surface area contributed by atoms with E-state index in [4.69, 9.17) is 5.73 Å². The number of nitrogens with zero attached hydrogens (tertiary/aromatic N) is 2. The minimum atomic E-state index is 0.730. The predicted molar refractivity (Wildman–Crippen MR) is 70.5 cm³/mol. The molecule has 0 unspecified atom stereocenters. The van der Waals surface area contributed by atoms with Gasteiger partial charge in [0.15, 0.2) is 0 Å². The van der Waals surface area contributed by atoms with E-state index in [1.54, 1.807) is 22.2 Å². The Morgan fingerprint density at radius 1 is 1.64 bits per heavy atom. The lowest BCUT2D eigenvalue weighted by molar-refractivity contribution is 0.698. The monoisotopic (exact) mass is 383 g/mol. The number of rotatable bonds is 2. The Hall–Kier alpha value is -0.0800. The van der Waals surface area contributed by atoms with E-state index in [1.165, 1.54) is 5.56 Å². The van der Waals surface area contributed by atoms with E-state index < -0.39 is 0 Å². The van der Waals surface area contributed by atoms with E-state index in [0.717, 1.165) is 19.7 Å². The Labute approximate surface area is 108 Å². The van der Waals surface area contributed by atoms with Crippen LogP contribution in [0.15, 0.2) is 21.4 Å². The zero-order valence-electron chi connectivity index (χ0n) is 7.08. The van der Waals surface area contributed by atoms with Crippen LogP contribution in [-0.4, -0.2) is 9.78 Å². The van der Waals surface area contributed by atoms with Crippen LogP contribution in [0.1, 0.15) is 5.56 Å². The topological polar surface area (TPSA) is 43.8 Å². The number of anilines is 1. The van der Waals surface area contributed by atoms with Gasteiger partial charge in [0.1, 0.15) is 5.82 Å². The third-order valence-electron chi connectivity index (χ3n) is 1.79. The molecule has 2 aromatic rings. The predicted octanol–water partition coefficient (Wildman–Crippen LogP) is 2.94. The van der Waals surface area contributed by atoms with Gasteiger partial charge in [0.2, 0.25) is 0 Å². The molecule has 0 fully saturated rings. The number of nitrogen functional groups attached to an aromatic ring is 1. The molecular formula is C8H7BrIN3S. The highest BCUT2D eigenvalue weighted by molar-refractivity contribution is 14.1. The van der Waals surface area contributed by atoms with E-state index >= 15 is 0 Å². The van der Waals surface area contributed by atoms with Gasteiger partial charge in [-0.3, -0.25) is 0 Å². The van der Waals surface area contributed by atoms with E-state index in [0.29, 0.717) is 0 Å². The zero-order valence-corrected chi connectivity index (χ0v) is 11.6. The molecular weight excluding hydrogens is 377 g/mol. The molecule has 0 aliphatic rings. The number of thiophene rings is 1. The van der Waals surface area contributed by atoms with Crippen molar-refractivity contribution in [3.8, 4) is 0 Å². The fourth-order valence-corrected chi connectivity index (χ4v) is 2.70. The van der Waals surface area contributed by atoms with Crippen LogP contribution in [0.2, 0.25) is 0 Å². The minimum Gasteiger partial charge on any atom is -0.383 e. The number of hydrogen-bond donors (Lipinski definition) is 1. The fraction of sp³-hybridized carbons (Fsp3) is 0.125. The van der Waals surface area contributed by atoms with Gasteiger partial charge in [0.05, 0.1) is 20.1 Å². The molecule has 0 amide bonds. The standard InChI is InChI=1S/C8H7BrIN3S/c9-7-1-5(4-14-7)3-13-8(11)6(10)2-12-13/h1-2,4H,3,11H2. The van der Waals surface area contributed by atoms with Crippen LogP contribution in [0.4, 0.5) is 5.82 Å². The first-order valence-electron chi connectivity index (χ1n) is 3.86. The van der Waals surface area contributed by atoms with Crippen molar-refractivity contribution in [3.05, 3.63) is 30.6 Å². The highest BCUT2D eigenvalue weighted by Crippen LogP contribution is 2.22. The molecule has 0 radical (unpaired) electrons. The lowest BCUT2D eigenvalue weighted by Gasteiger charge is -2.01. The number of aromatic nitrogens is 2. The first-order chi connectivity index (χ1) is 6.66. The van der Waals surface area contributed by atoms with Gasteiger partial charge >= 0.3 is 0 Å².